The van der Waals surface area contributed by atoms with Crippen LogP contribution in [-0.2, 0) is 6.54 Å². The molecule has 1 rings (SSSR count). The maximum atomic E-state index is 4.41. The molecule has 0 spiro atoms. The predicted molar refractivity (Wildman–Crippen MR) is 70.8 cm³/mol. The van der Waals surface area contributed by atoms with E-state index < -0.39 is 0 Å². The number of nitrogens with one attached hydrogen (secondary N) is 1. The lowest BCUT2D eigenvalue weighted by Gasteiger charge is -2.17. The second-order valence-corrected chi connectivity index (χ2v) is 7.38. The van der Waals surface area contributed by atoms with Crippen molar-refractivity contribution in [3.8, 4) is 0 Å². The molecular formula is C11H20N2S2. The Balaban J connectivity index is 2.07. The van der Waals surface area contributed by atoms with Crippen molar-refractivity contribution in [3.63, 3.8) is 0 Å². The Hall–Kier alpha value is -0.0600. The first-order valence-electron chi connectivity index (χ1n) is 5.23. The zero-order valence-corrected chi connectivity index (χ0v) is 11.6. The van der Waals surface area contributed by atoms with Crippen molar-refractivity contribution >= 4 is 23.1 Å². The van der Waals surface area contributed by atoms with E-state index in [-0.39, 0.29) is 0 Å². The number of thiazole rings is 1. The lowest BCUT2D eigenvalue weighted by Crippen LogP contribution is -2.19. The lowest BCUT2D eigenvalue weighted by molar-refractivity contribution is 0.721. The Labute approximate surface area is 101 Å². The molecule has 0 saturated heterocycles. The molecule has 0 fully saturated rings. The highest BCUT2D eigenvalue weighted by Gasteiger charge is 2.09. The smallest absolute Gasteiger partial charge is 0.107 e. The van der Waals surface area contributed by atoms with Crippen molar-refractivity contribution in [2.45, 2.75) is 39.0 Å². The van der Waals surface area contributed by atoms with Gasteiger partial charge in [0.2, 0.25) is 0 Å². The minimum Gasteiger partial charge on any atom is -0.310 e. The van der Waals surface area contributed by atoms with Crippen molar-refractivity contribution < 1.29 is 0 Å². The first-order chi connectivity index (χ1) is 6.97. The van der Waals surface area contributed by atoms with E-state index in [4.69, 9.17) is 0 Å². The molecule has 15 heavy (non-hydrogen) atoms. The molecule has 1 aromatic heterocycles. The SMILES string of the molecule is Cc1csc(CNCCSC(C)(C)C)n1. The van der Waals surface area contributed by atoms with Crippen molar-refractivity contribution in [2.75, 3.05) is 12.3 Å². The third-order valence-electron chi connectivity index (χ3n) is 1.76. The van der Waals surface area contributed by atoms with Crippen molar-refractivity contribution in [1.29, 1.82) is 0 Å². The molecular weight excluding hydrogens is 224 g/mol. The highest BCUT2D eigenvalue weighted by atomic mass is 32.2. The summed E-state index contributed by atoms with van der Waals surface area (Å²) in [4.78, 5) is 4.41. The van der Waals surface area contributed by atoms with Crippen LogP contribution in [0.1, 0.15) is 31.5 Å². The topological polar surface area (TPSA) is 24.9 Å². The predicted octanol–water partition coefficient (Wildman–Crippen LogP) is 3.07. The Bertz CT molecular complexity index is 289. The molecule has 0 aliphatic heterocycles. The van der Waals surface area contributed by atoms with Crippen molar-refractivity contribution in [2.24, 2.45) is 0 Å². The molecule has 0 aromatic carbocycles. The van der Waals surface area contributed by atoms with Crippen LogP contribution in [0, 0.1) is 6.92 Å². The first kappa shape index (κ1) is 13.0. The van der Waals surface area contributed by atoms with E-state index in [9.17, 15) is 0 Å². The van der Waals surface area contributed by atoms with Crippen molar-refractivity contribution in [3.05, 3.63) is 16.1 Å². The maximum absolute atomic E-state index is 4.41. The van der Waals surface area contributed by atoms with Crippen LogP contribution in [-0.4, -0.2) is 22.0 Å². The van der Waals surface area contributed by atoms with E-state index in [1.54, 1.807) is 11.3 Å². The van der Waals surface area contributed by atoms with Crippen LogP contribution >= 0.6 is 23.1 Å². The highest BCUT2D eigenvalue weighted by Crippen LogP contribution is 2.22. The van der Waals surface area contributed by atoms with Gasteiger partial charge in [-0.05, 0) is 6.92 Å². The lowest BCUT2D eigenvalue weighted by atomic mass is 10.3. The number of hydrogen-bond acceptors (Lipinski definition) is 4. The third kappa shape index (κ3) is 6.17. The van der Waals surface area contributed by atoms with E-state index in [0.717, 1.165) is 24.5 Å². The standard InChI is InChI=1S/C11H20N2S2/c1-9-8-14-10(13-9)7-12-5-6-15-11(2,3)4/h8,12H,5-7H2,1-4H3. The van der Waals surface area contributed by atoms with Gasteiger partial charge < -0.3 is 5.32 Å². The van der Waals surface area contributed by atoms with Gasteiger partial charge in [0.15, 0.2) is 0 Å². The van der Waals surface area contributed by atoms with E-state index in [0.29, 0.717) is 4.75 Å². The van der Waals surface area contributed by atoms with E-state index in [1.165, 1.54) is 5.01 Å². The van der Waals surface area contributed by atoms with Crippen molar-refractivity contribution in [1.82, 2.24) is 10.3 Å². The fourth-order valence-electron chi connectivity index (χ4n) is 1.11. The molecule has 86 valence electrons. The summed E-state index contributed by atoms with van der Waals surface area (Å²) in [6, 6.07) is 0. The molecule has 1 heterocycles. The van der Waals surface area contributed by atoms with Gasteiger partial charge in [-0.1, -0.05) is 20.8 Å². The minimum absolute atomic E-state index is 0.374. The summed E-state index contributed by atoms with van der Waals surface area (Å²) in [5, 5.41) is 6.70. The number of nitrogens with zero attached hydrogens (tertiary/aromatic N) is 1. The van der Waals surface area contributed by atoms with Gasteiger partial charge in [0.1, 0.15) is 5.01 Å². The number of aromatic nitrogens is 1. The summed E-state index contributed by atoms with van der Waals surface area (Å²) in [5.74, 6) is 1.16. The van der Waals surface area contributed by atoms with E-state index >= 15 is 0 Å². The Morgan fingerprint density at radius 2 is 2.20 bits per heavy atom. The molecule has 0 aliphatic carbocycles. The average molecular weight is 244 g/mol. The first-order valence-corrected chi connectivity index (χ1v) is 7.09. The van der Waals surface area contributed by atoms with E-state index in [1.807, 2.05) is 18.7 Å². The van der Waals surface area contributed by atoms with Gasteiger partial charge in [-0.3, -0.25) is 0 Å². The zero-order valence-electron chi connectivity index (χ0n) is 9.96. The quantitative estimate of drug-likeness (QED) is 0.806. The second-order valence-electron chi connectivity index (χ2n) is 4.52. The molecule has 0 unspecified atom stereocenters. The molecule has 2 nitrogen and oxygen atoms in total. The molecule has 4 heteroatoms. The largest absolute Gasteiger partial charge is 0.310 e. The molecule has 0 saturated carbocycles. The molecule has 0 atom stereocenters. The highest BCUT2D eigenvalue weighted by molar-refractivity contribution is 8.00. The van der Waals surface area contributed by atoms with Gasteiger partial charge in [-0.25, -0.2) is 4.98 Å². The fourth-order valence-corrected chi connectivity index (χ4v) is 2.71. The van der Waals surface area contributed by atoms with Gasteiger partial charge in [-0.2, -0.15) is 11.8 Å². The van der Waals surface area contributed by atoms with Crippen LogP contribution in [0.15, 0.2) is 5.38 Å². The Morgan fingerprint density at radius 3 is 2.73 bits per heavy atom. The summed E-state index contributed by atoms with van der Waals surface area (Å²) in [6.07, 6.45) is 0. The summed E-state index contributed by atoms with van der Waals surface area (Å²) in [6.45, 7) is 10.8. The molecule has 1 aromatic rings. The zero-order chi connectivity index (χ0) is 11.3. The van der Waals surface area contributed by atoms with Crippen LogP contribution < -0.4 is 5.32 Å². The maximum Gasteiger partial charge on any atom is 0.107 e. The molecule has 0 amide bonds. The summed E-state index contributed by atoms with van der Waals surface area (Å²) in [7, 11) is 0. The monoisotopic (exact) mass is 244 g/mol. The van der Waals surface area contributed by atoms with Crippen LogP contribution in [0.5, 0.6) is 0 Å². The molecule has 0 radical (unpaired) electrons. The van der Waals surface area contributed by atoms with Gasteiger partial charge in [-0.15, -0.1) is 11.3 Å². The van der Waals surface area contributed by atoms with Crippen LogP contribution in [0.3, 0.4) is 0 Å². The summed E-state index contributed by atoms with van der Waals surface area (Å²) < 4.78 is 0.374. The Morgan fingerprint density at radius 1 is 1.47 bits per heavy atom. The van der Waals surface area contributed by atoms with Gasteiger partial charge >= 0.3 is 0 Å². The number of hydrogen-bond donors (Lipinski definition) is 1. The number of aryl methyl sites for hydroxylation is 1. The van der Waals surface area contributed by atoms with Gasteiger partial charge in [0.25, 0.3) is 0 Å². The Kier molecular flexibility index (Phi) is 5.09. The third-order valence-corrected chi connectivity index (χ3v) is 4.00. The number of thioether (sulfide) groups is 1. The average Bonchev–Trinajstić information content (AvgIpc) is 2.49. The fraction of sp³-hybridized carbons (Fsp3) is 0.727. The molecule has 0 aliphatic rings. The van der Waals surface area contributed by atoms with Crippen LogP contribution in [0.2, 0.25) is 0 Å². The van der Waals surface area contributed by atoms with Crippen LogP contribution in [0.25, 0.3) is 0 Å². The van der Waals surface area contributed by atoms with Crippen LogP contribution in [0.4, 0.5) is 0 Å². The number of rotatable bonds is 5. The van der Waals surface area contributed by atoms with Gasteiger partial charge in [0.05, 0.1) is 0 Å². The normalized spacial score (nSPS) is 12.0. The van der Waals surface area contributed by atoms with Gasteiger partial charge in [0, 0.05) is 34.7 Å². The second kappa shape index (κ2) is 5.87. The molecule has 1 N–H and O–H groups in total. The summed E-state index contributed by atoms with van der Waals surface area (Å²) >= 11 is 3.73. The minimum atomic E-state index is 0.374. The summed E-state index contributed by atoms with van der Waals surface area (Å²) in [5.41, 5.74) is 1.13. The van der Waals surface area contributed by atoms with E-state index in [2.05, 4.69) is 36.5 Å². The molecule has 0 bridgehead atoms.